The maximum absolute atomic E-state index is 9.45. The number of aromatic nitrogens is 2. The first kappa shape index (κ1) is 12.2. The fourth-order valence-corrected chi connectivity index (χ4v) is 2.79. The summed E-state index contributed by atoms with van der Waals surface area (Å²) in [6.45, 7) is -0.0379. The van der Waals surface area contributed by atoms with Crippen molar-refractivity contribution < 1.29 is 9.84 Å². The molecule has 0 bridgehead atoms. The molecular formula is C17H14N2O2. The number of hydrogen-bond acceptors (Lipinski definition) is 3. The third kappa shape index (κ3) is 1.84. The highest BCUT2D eigenvalue weighted by atomic mass is 16.5. The molecule has 104 valence electrons. The molecule has 1 aliphatic heterocycles. The van der Waals surface area contributed by atoms with Crippen LogP contribution in [0.2, 0.25) is 0 Å². The molecule has 0 fully saturated rings. The van der Waals surface area contributed by atoms with Crippen LogP contribution in [-0.4, -0.2) is 14.7 Å². The zero-order valence-corrected chi connectivity index (χ0v) is 11.3. The number of imidazole rings is 1. The van der Waals surface area contributed by atoms with E-state index < -0.39 is 0 Å². The molecule has 1 aromatic heterocycles. The standard InChI is InChI=1S/C17H14N2O2/c20-10-12-5-1-4-8-16(12)21-17-13-6-2-3-7-14(13)19-11-18-9-15(17)19/h1-9,11,17,20H,10H2. The lowest BCUT2D eigenvalue weighted by molar-refractivity contribution is 0.229. The van der Waals surface area contributed by atoms with Crippen LogP contribution in [0.1, 0.15) is 22.9 Å². The van der Waals surface area contributed by atoms with Crippen LogP contribution in [0.4, 0.5) is 0 Å². The van der Waals surface area contributed by atoms with Crippen LogP contribution in [0.5, 0.6) is 5.75 Å². The summed E-state index contributed by atoms with van der Waals surface area (Å²) in [6, 6.07) is 15.7. The zero-order chi connectivity index (χ0) is 14.2. The molecule has 1 unspecified atom stereocenters. The van der Waals surface area contributed by atoms with Gasteiger partial charge in [0.2, 0.25) is 0 Å². The van der Waals surface area contributed by atoms with Gasteiger partial charge in [-0.2, -0.15) is 0 Å². The molecular weight excluding hydrogens is 264 g/mol. The average Bonchev–Trinajstić information content (AvgIpc) is 3.11. The molecule has 0 radical (unpaired) electrons. The van der Waals surface area contributed by atoms with Crippen LogP contribution in [-0.2, 0) is 6.61 Å². The van der Waals surface area contributed by atoms with Crippen LogP contribution in [0, 0.1) is 0 Å². The molecule has 0 aliphatic carbocycles. The van der Waals surface area contributed by atoms with Gasteiger partial charge in [-0.15, -0.1) is 0 Å². The number of nitrogens with zero attached hydrogens (tertiary/aromatic N) is 2. The van der Waals surface area contributed by atoms with Gasteiger partial charge in [-0.25, -0.2) is 4.98 Å². The van der Waals surface area contributed by atoms with E-state index in [4.69, 9.17) is 4.74 Å². The molecule has 0 spiro atoms. The van der Waals surface area contributed by atoms with Crippen molar-refractivity contribution in [1.29, 1.82) is 0 Å². The molecule has 0 amide bonds. The van der Waals surface area contributed by atoms with Gasteiger partial charge in [0.25, 0.3) is 0 Å². The van der Waals surface area contributed by atoms with Gasteiger partial charge in [0.15, 0.2) is 6.10 Å². The van der Waals surface area contributed by atoms with Crippen molar-refractivity contribution >= 4 is 0 Å². The van der Waals surface area contributed by atoms with Gasteiger partial charge in [-0.1, -0.05) is 36.4 Å². The SMILES string of the molecule is OCc1ccccc1OC1c2ccccc2-n2cncc21. The van der Waals surface area contributed by atoms with E-state index in [0.717, 1.165) is 22.5 Å². The van der Waals surface area contributed by atoms with Crippen LogP contribution < -0.4 is 4.74 Å². The summed E-state index contributed by atoms with van der Waals surface area (Å²) in [5.41, 5.74) is 4.00. The molecule has 4 heteroatoms. The second-order valence-electron chi connectivity index (χ2n) is 5.01. The average molecular weight is 278 g/mol. The summed E-state index contributed by atoms with van der Waals surface area (Å²) in [5, 5.41) is 9.45. The molecule has 1 atom stereocenters. The van der Waals surface area contributed by atoms with Crippen molar-refractivity contribution in [2.75, 3.05) is 0 Å². The van der Waals surface area contributed by atoms with E-state index in [1.54, 1.807) is 6.33 Å². The van der Waals surface area contributed by atoms with Crippen molar-refractivity contribution in [3.8, 4) is 11.4 Å². The fraction of sp³-hybridized carbons (Fsp3) is 0.118. The Labute approximate surface area is 122 Å². The van der Waals surface area contributed by atoms with Gasteiger partial charge < -0.3 is 9.84 Å². The lowest BCUT2D eigenvalue weighted by Gasteiger charge is -2.16. The summed E-state index contributed by atoms with van der Waals surface area (Å²) in [7, 11) is 0. The minimum atomic E-state index is -0.198. The summed E-state index contributed by atoms with van der Waals surface area (Å²) in [4.78, 5) is 4.21. The Morgan fingerprint density at radius 3 is 2.81 bits per heavy atom. The van der Waals surface area contributed by atoms with Crippen LogP contribution in [0.25, 0.3) is 5.69 Å². The van der Waals surface area contributed by atoms with Crippen molar-refractivity contribution in [2.45, 2.75) is 12.7 Å². The molecule has 0 saturated heterocycles. The Hall–Kier alpha value is -2.59. The first-order valence-corrected chi connectivity index (χ1v) is 6.85. The summed E-state index contributed by atoms with van der Waals surface area (Å²) in [5.74, 6) is 0.703. The minimum absolute atomic E-state index is 0.0379. The van der Waals surface area contributed by atoms with Gasteiger partial charge >= 0.3 is 0 Å². The third-order valence-corrected chi connectivity index (χ3v) is 3.80. The monoisotopic (exact) mass is 278 g/mol. The predicted molar refractivity (Wildman–Crippen MR) is 78.4 cm³/mol. The number of para-hydroxylation sites is 2. The number of hydrogen-bond donors (Lipinski definition) is 1. The Bertz CT molecular complexity index is 795. The number of aliphatic hydroxyl groups is 1. The second kappa shape index (κ2) is 4.75. The van der Waals surface area contributed by atoms with Crippen LogP contribution >= 0.6 is 0 Å². The molecule has 21 heavy (non-hydrogen) atoms. The Morgan fingerprint density at radius 1 is 1.10 bits per heavy atom. The van der Waals surface area contributed by atoms with Gasteiger partial charge in [-0.3, -0.25) is 4.57 Å². The highest BCUT2D eigenvalue weighted by molar-refractivity contribution is 5.52. The highest BCUT2D eigenvalue weighted by Gasteiger charge is 2.30. The van der Waals surface area contributed by atoms with E-state index in [9.17, 15) is 5.11 Å². The van der Waals surface area contributed by atoms with Crippen LogP contribution in [0.3, 0.4) is 0 Å². The molecule has 2 heterocycles. The van der Waals surface area contributed by atoms with Gasteiger partial charge in [0.1, 0.15) is 5.75 Å². The van der Waals surface area contributed by atoms with Crippen molar-refractivity contribution in [2.24, 2.45) is 0 Å². The van der Waals surface area contributed by atoms with E-state index in [0.29, 0.717) is 5.75 Å². The molecule has 3 aromatic rings. The van der Waals surface area contributed by atoms with E-state index >= 15 is 0 Å². The summed E-state index contributed by atoms with van der Waals surface area (Å²) >= 11 is 0. The third-order valence-electron chi connectivity index (χ3n) is 3.80. The Morgan fingerprint density at radius 2 is 1.90 bits per heavy atom. The fourth-order valence-electron chi connectivity index (χ4n) is 2.79. The Balaban J connectivity index is 1.79. The molecule has 1 N–H and O–H groups in total. The van der Waals surface area contributed by atoms with Crippen LogP contribution in [0.15, 0.2) is 61.1 Å². The zero-order valence-electron chi connectivity index (χ0n) is 11.3. The maximum atomic E-state index is 9.45. The lowest BCUT2D eigenvalue weighted by atomic mass is 10.1. The second-order valence-corrected chi connectivity index (χ2v) is 5.01. The van der Waals surface area contributed by atoms with E-state index in [-0.39, 0.29) is 12.7 Å². The highest BCUT2D eigenvalue weighted by Crippen LogP contribution is 2.39. The van der Waals surface area contributed by atoms with Gasteiger partial charge in [-0.05, 0) is 12.1 Å². The van der Waals surface area contributed by atoms with E-state index in [1.165, 1.54) is 0 Å². The largest absolute Gasteiger partial charge is 0.479 e. The first-order valence-electron chi connectivity index (χ1n) is 6.85. The van der Waals surface area contributed by atoms with E-state index in [1.807, 2.05) is 47.2 Å². The minimum Gasteiger partial charge on any atom is -0.479 e. The van der Waals surface area contributed by atoms with E-state index in [2.05, 4.69) is 17.1 Å². The molecule has 4 nitrogen and oxygen atoms in total. The van der Waals surface area contributed by atoms with Crippen molar-refractivity contribution in [3.63, 3.8) is 0 Å². The van der Waals surface area contributed by atoms with Gasteiger partial charge in [0, 0.05) is 11.1 Å². The summed E-state index contributed by atoms with van der Waals surface area (Å²) < 4.78 is 8.23. The van der Waals surface area contributed by atoms with Crippen molar-refractivity contribution in [1.82, 2.24) is 9.55 Å². The summed E-state index contributed by atoms with van der Waals surface area (Å²) in [6.07, 6.45) is 3.43. The predicted octanol–water partition coefficient (Wildman–Crippen LogP) is 2.85. The lowest BCUT2D eigenvalue weighted by Crippen LogP contribution is -2.07. The Kier molecular flexibility index (Phi) is 2.75. The number of benzene rings is 2. The molecule has 1 aliphatic rings. The van der Waals surface area contributed by atoms with Gasteiger partial charge in [0.05, 0.1) is 30.5 Å². The smallest absolute Gasteiger partial charge is 0.168 e. The first-order chi connectivity index (χ1) is 10.4. The number of aliphatic hydroxyl groups excluding tert-OH is 1. The quantitative estimate of drug-likeness (QED) is 0.801. The molecule has 0 saturated carbocycles. The number of ether oxygens (including phenoxy) is 1. The maximum Gasteiger partial charge on any atom is 0.168 e. The molecule has 4 rings (SSSR count). The number of rotatable bonds is 3. The topological polar surface area (TPSA) is 47.3 Å². The number of fused-ring (bicyclic) bond motifs is 3. The van der Waals surface area contributed by atoms with Crippen molar-refractivity contribution in [3.05, 3.63) is 77.9 Å². The molecule has 2 aromatic carbocycles. The normalized spacial score (nSPS) is 15.6.